The van der Waals surface area contributed by atoms with Crippen molar-refractivity contribution in [3.8, 4) is 11.1 Å². The third kappa shape index (κ3) is 3.43. The zero-order chi connectivity index (χ0) is 22.2. The number of anilines is 2. The van der Waals surface area contributed by atoms with Gasteiger partial charge in [-0.2, -0.15) is 0 Å². The minimum Gasteiger partial charge on any atom is -0.464 e. The lowest BCUT2D eigenvalue weighted by Crippen LogP contribution is -2.12. The average Bonchev–Trinajstić information content (AvgIpc) is 3.26. The topological polar surface area (TPSA) is 72.6 Å². The number of methoxy groups -OCH3 is 1. The molecule has 7 heteroatoms. The van der Waals surface area contributed by atoms with Crippen LogP contribution in [0.2, 0.25) is 0 Å². The lowest BCUT2D eigenvalue weighted by Gasteiger charge is -2.20. The summed E-state index contributed by atoms with van der Waals surface area (Å²) in [5.74, 6) is 0.374. The first-order chi connectivity index (χ1) is 15.5. The molecule has 0 saturated heterocycles. The molecule has 0 bridgehead atoms. The number of hydrogen-bond donors (Lipinski definition) is 0. The molecule has 0 N–H and O–H groups in total. The number of carbonyl (C=O) groups excluding carboxylic acids is 1. The van der Waals surface area contributed by atoms with Gasteiger partial charge in [-0.05, 0) is 54.4 Å². The number of carbonyl (C=O) groups is 1. The van der Waals surface area contributed by atoms with Crippen molar-refractivity contribution in [2.24, 2.45) is 0 Å². The van der Waals surface area contributed by atoms with Crippen molar-refractivity contribution in [1.29, 1.82) is 0 Å². The number of benzene rings is 2. The van der Waals surface area contributed by atoms with Crippen LogP contribution in [-0.4, -0.2) is 39.5 Å². The second-order valence-electron chi connectivity index (χ2n) is 7.62. The van der Waals surface area contributed by atoms with Gasteiger partial charge in [-0.3, -0.25) is 0 Å². The van der Waals surface area contributed by atoms with Gasteiger partial charge in [-0.1, -0.05) is 23.8 Å². The van der Waals surface area contributed by atoms with E-state index in [9.17, 15) is 4.79 Å². The average molecular weight is 423 g/mol. The highest BCUT2D eigenvalue weighted by Gasteiger charge is 2.14. The summed E-state index contributed by atoms with van der Waals surface area (Å²) in [6.07, 6.45) is 5.21. The van der Waals surface area contributed by atoms with E-state index >= 15 is 0 Å². The Labute approximate surface area is 184 Å². The molecular formula is C25H21N5O2. The number of esters is 1. The second kappa shape index (κ2) is 7.77. The number of imidazole rings is 1. The Kier molecular flexibility index (Phi) is 4.78. The molecule has 0 amide bonds. The molecule has 0 radical (unpaired) electrons. The molecular weight excluding hydrogens is 402 g/mol. The molecule has 3 heterocycles. The molecule has 32 heavy (non-hydrogen) atoms. The fourth-order valence-corrected chi connectivity index (χ4v) is 3.75. The third-order valence-corrected chi connectivity index (χ3v) is 5.53. The fraction of sp³-hybridized carbons (Fsp3) is 0.120. The molecule has 0 aliphatic heterocycles. The van der Waals surface area contributed by atoms with E-state index in [1.165, 1.54) is 12.7 Å². The Morgan fingerprint density at radius 3 is 2.53 bits per heavy atom. The SMILES string of the molecule is COC(=O)c1cn2cc(-c3ccc4ncnc(N(C)c5ccc(C)cc5)c4c3)ccc2n1. The van der Waals surface area contributed by atoms with Gasteiger partial charge in [-0.25, -0.2) is 19.7 Å². The highest BCUT2D eigenvalue weighted by Crippen LogP contribution is 2.31. The van der Waals surface area contributed by atoms with E-state index in [-0.39, 0.29) is 5.69 Å². The van der Waals surface area contributed by atoms with E-state index in [2.05, 4.69) is 57.1 Å². The van der Waals surface area contributed by atoms with Crippen molar-refractivity contribution in [3.63, 3.8) is 0 Å². The van der Waals surface area contributed by atoms with E-state index in [0.717, 1.165) is 33.5 Å². The Balaban J connectivity index is 1.59. The van der Waals surface area contributed by atoms with Crippen LogP contribution in [0.3, 0.4) is 0 Å². The molecule has 0 saturated carbocycles. The number of aryl methyl sites for hydroxylation is 1. The maximum atomic E-state index is 11.8. The van der Waals surface area contributed by atoms with Crippen LogP contribution in [0, 0.1) is 6.92 Å². The summed E-state index contributed by atoms with van der Waals surface area (Å²) < 4.78 is 6.60. The molecule has 0 aliphatic rings. The summed E-state index contributed by atoms with van der Waals surface area (Å²) in [4.78, 5) is 27.2. The lowest BCUT2D eigenvalue weighted by molar-refractivity contribution is 0.0595. The van der Waals surface area contributed by atoms with E-state index < -0.39 is 5.97 Å². The quantitative estimate of drug-likeness (QED) is 0.387. The number of nitrogens with zero attached hydrogens (tertiary/aromatic N) is 5. The van der Waals surface area contributed by atoms with Crippen LogP contribution < -0.4 is 4.90 Å². The first kappa shape index (κ1) is 19.7. The van der Waals surface area contributed by atoms with Gasteiger partial charge in [0.25, 0.3) is 0 Å². The molecule has 7 nitrogen and oxygen atoms in total. The van der Waals surface area contributed by atoms with Crippen molar-refractivity contribution in [1.82, 2.24) is 19.4 Å². The van der Waals surface area contributed by atoms with E-state index in [4.69, 9.17) is 4.74 Å². The Bertz CT molecular complexity index is 1460. The number of aromatic nitrogens is 4. The first-order valence-corrected chi connectivity index (χ1v) is 10.2. The number of fused-ring (bicyclic) bond motifs is 2. The van der Waals surface area contributed by atoms with Crippen molar-refractivity contribution < 1.29 is 9.53 Å². The summed E-state index contributed by atoms with van der Waals surface area (Å²) in [7, 11) is 3.35. The molecule has 5 aromatic rings. The van der Waals surface area contributed by atoms with Crippen LogP contribution >= 0.6 is 0 Å². The zero-order valence-electron chi connectivity index (χ0n) is 18.0. The molecule has 0 unspecified atom stereocenters. The summed E-state index contributed by atoms with van der Waals surface area (Å²) in [5.41, 5.74) is 6.09. The van der Waals surface area contributed by atoms with Gasteiger partial charge in [0.05, 0.1) is 12.6 Å². The van der Waals surface area contributed by atoms with Gasteiger partial charge < -0.3 is 14.0 Å². The summed E-state index contributed by atoms with van der Waals surface area (Å²) in [5, 5.41) is 0.953. The van der Waals surface area contributed by atoms with Crippen LogP contribution in [0.25, 0.3) is 27.7 Å². The molecule has 0 fully saturated rings. The molecule has 0 atom stereocenters. The van der Waals surface area contributed by atoms with Crippen LogP contribution in [0.4, 0.5) is 11.5 Å². The van der Waals surface area contributed by atoms with Gasteiger partial charge in [0.15, 0.2) is 5.69 Å². The van der Waals surface area contributed by atoms with Crippen LogP contribution in [0.1, 0.15) is 16.1 Å². The second-order valence-corrected chi connectivity index (χ2v) is 7.62. The standard InChI is InChI=1S/C25H21N5O2/c1-16-4-8-19(9-5-16)29(2)24-20-12-17(6-10-21(20)26-15-27-24)18-7-11-23-28-22(25(31)32-3)14-30(23)13-18/h4-15H,1-3H3. The monoisotopic (exact) mass is 423 g/mol. The van der Waals surface area contributed by atoms with Gasteiger partial charge in [0.1, 0.15) is 17.8 Å². The molecule has 158 valence electrons. The van der Waals surface area contributed by atoms with Gasteiger partial charge in [0, 0.05) is 30.5 Å². The van der Waals surface area contributed by atoms with Crippen LogP contribution in [-0.2, 0) is 4.74 Å². The van der Waals surface area contributed by atoms with Gasteiger partial charge >= 0.3 is 5.97 Å². The molecule has 0 spiro atoms. The largest absolute Gasteiger partial charge is 0.464 e. The summed E-state index contributed by atoms with van der Waals surface area (Å²) in [6, 6.07) is 18.3. The first-order valence-electron chi connectivity index (χ1n) is 10.2. The predicted octanol–water partition coefficient (Wildman–Crippen LogP) is 4.81. The highest BCUT2D eigenvalue weighted by atomic mass is 16.5. The Morgan fingerprint density at radius 2 is 1.75 bits per heavy atom. The minimum absolute atomic E-state index is 0.276. The minimum atomic E-state index is -0.457. The van der Waals surface area contributed by atoms with Crippen molar-refractivity contribution in [2.45, 2.75) is 6.92 Å². The van der Waals surface area contributed by atoms with Crippen LogP contribution in [0.15, 0.2) is 73.3 Å². The smallest absolute Gasteiger partial charge is 0.358 e. The lowest BCUT2D eigenvalue weighted by atomic mass is 10.0. The van der Waals surface area contributed by atoms with Gasteiger partial charge in [-0.15, -0.1) is 0 Å². The van der Waals surface area contributed by atoms with Gasteiger partial charge in [0.2, 0.25) is 0 Å². The third-order valence-electron chi connectivity index (χ3n) is 5.53. The Morgan fingerprint density at radius 1 is 0.969 bits per heavy atom. The number of rotatable bonds is 4. The fourth-order valence-electron chi connectivity index (χ4n) is 3.75. The molecule has 0 aliphatic carbocycles. The predicted molar refractivity (Wildman–Crippen MR) is 124 cm³/mol. The molecule has 3 aromatic heterocycles. The Hall–Kier alpha value is -4.26. The van der Waals surface area contributed by atoms with Crippen molar-refractivity contribution >= 4 is 34.0 Å². The van der Waals surface area contributed by atoms with E-state index in [0.29, 0.717) is 5.65 Å². The molecule has 5 rings (SSSR count). The maximum absolute atomic E-state index is 11.8. The normalized spacial score (nSPS) is 11.1. The highest BCUT2D eigenvalue weighted by molar-refractivity contribution is 5.94. The van der Waals surface area contributed by atoms with Crippen LogP contribution in [0.5, 0.6) is 0 Å². The number of pyridine rings is 1. The van der Waals surface area contributed by atoms with Crippen molar-refractivity contribution in [2.75, 3.05) is 19.1 Å². The van der Waals surface area contributed by atoms with E-state index in [1.54, 1.807) is 12.5 Å². The molecule has 2 aromatic carbocycles. The summed E-state index contributed by atoms with van der Waals surface area (Å²) >= 11 is 0. The summed E-state index contributed by atoms with van der Waals surface area (Å²) in [6.45, 7) is 2.07. The zero-order valence-corrected chi connectivity index (χ0v) is 18.0. The van der Waals surface area contributed by atoms with Crippen molar-refractivity contribution in [3.05, 3.63) is 84.6 Å². The van der Waals surface area contributed by atoms with E-state index in [1.807, 2.05) is 41.9 Å². The number of hydrogen-bond acceptors (Lipinski definition) is 6. The maximum Gasteiger partial charge on any atom is 0.358 e. The number of ether oxygens (including phenoxy) is 1.